The summed E-state index contributed by atoms with van der Waals surface area (Å²) in [6.07, 6.45) is 1.57. The lowest BCUT2D eigenvalue weighted by atomic mass is 10.1. The van der Waals surface area contributed by atoms with Gasteiger partial charge in [0.05, 0.1) is 31.6 Å². The zero-order valence-corrected chi connectivity index (χ0v) is 17.5. The maximum absolute atomic E-state index is 12.2. The van der Waals surface area contributed by atoms with Crippen molar-refractivity contribution in [2.45, 2.75) is 45.2 Å². The molecule has 2 aliphatic heterocycles. The molecule has 2 aromatic rings. The highest BCUT2D eigenvalue weighted by molar-refractivity contribution is 5.68. The lowest BCUT2D eigenvalue weighted by Gasteiger charge is -2.24. The molecule has 2 saturated heterocycles. The monoisotopic (exact) mass is 413 g/mol. The van der Waals surface area contributed by atoms with Crippen molar-refractivity contribution >= 4 is 6.09 Å². The second-order valence-electron chi connectivity index (χ2n) is 8.43. The number of amides is 1. The maximum atomic E-state index is 12.2. The molecule has 0 aliphatic carbocycles. The number of carbonyl (C=O) groups excluding carboxylic acids is 1. The Kier molecular flexibility index (Phi) is 5.87. The van der Waals surface area contributed by atoms with Crippen molar-refractivity contribution < 1.29 is 23.7 Å². The van der Waals surface area contributed by atoms with Crippen LogP contribution in [0.4, 0.5) is 4.79 Å². The minimum Gasteiger partial charge on any atom is -0.487 e. The van der Waals surface area contributed by atoms with Gasteiger partial charge in [-0.3, -0.25) is 0 Å². The topological polar surface area (TPSA) is 83.0 Å². The van der Waals surface area contributed by atoms with Crippen LogP contribution < -0.4 is 4.74 Å². The quantitative estimate of drug-likeness (QED) is 0.758. The smallest absolute Gasteiger partial charge is 0.410 e. The predicted molar refractivity (Wildman–Crippen MR) is 109 cm³/mol. The molecule has 160 valence electrons. The molecular formula is C22H27N3O5. The van der Waals surface area contributed by atoms with Crippen LogP contribution in [-0.2, 0) is 14.2 Å². The second-order valence-corrected chi connectivity index (χ2v) is 8.43. The van der Waals surface area contributed by atoms with Crippen LogP contribution in [0.25, 0.3) is 11.3 Å². The zero-order chi connectivity index (χ0) is 21.1. The normalized spacial score (nSPS) is 19.8. The van der Waals surface area contributed by atoms with Gasteiger partial charge < -0.3 is 23.8 Å². The van der Waals surface area contributed by atoms with Crippen LogP contribution in [0.2, 0.25) is 0 Å². The number of nitrogens with zero attached hydrogens (tertiary/aromatic N) is 3. The van der Waals surface area contributed by atoms with Crippen LogP contribution in [0.1, 0.15) is 39.0 Å². The summed E-state index contributed by atoms with van der Waals surface area (Å²) in [6, 6.07) is 9.73. The van der Waals surface area contributed by atoms with E-state index in [1.54, 1.807) is 11.1 Å². The fourth-order valence-corrected chi connectivity index (χ4v) is 3.46. The van der Waals surface area contributed by atoms with Crippen molar-refractivity contribution in [3.8, 4) is 17.0 Å². The number of likely N-dealkylation sites (tertiary alicyclic amines) is 1. The fourth-order valence-electron chi connectivity index (χ4n) is 3.46. The summed E-state index contributed by atoms with van der Waals surface area (Å²) in [5.74, 6) is 0.620. The Labute approximate surface area is 176 Å². The Morgan fingerprint density at radius 3 is 2.77 bits per heavy atom. The van der Waals surface area contributed by atoms with Gasteiger partial charge in [-0.05, 0) is 26.8 Å². The lowest BCUT2D eigenvalue weighted by molar-refractivity contribution is -0.0440. The first-order valence-electron chi connectivity index (χ1n) is 10.2. The summed E-state index contributed by atoms with van der Waals surface area (Å²) in [7, 11) is 0. The highest BCUT2D eigenvalue weighted by atomic mass is 16.7. The SMILES string of the molecule is CC(C)(C)OC(=O)N1CCC(Oc2cnnc(-c3cccc(C4OCCO4)c3)c2)C1. The molecule has 1 aromatic heterocycles. The molecule has 0 saturated carbocycles. The molecule has 30 heavy (non-hydrogen) atoms. The van der Waals surface area contributed by atoms with E-state index in [2.05, 4.69) is 10.2 Å². The maximum Gasteiger partial charge on any atom is 0.410 e. The molecule has 8 heteroatoms. The minimum atomic E-state index is -0.511. The Balaban J connectivity index is 1.41. The third-order valence-corrected chi connectivity index (χ3v) is 4.81. The van der Waals surface area contributed by atoms with Crippen LogP contribution in [-0.4, -0.2) is 59.2 Å². The fraction of sp³-hybridized carbons (Fsp3) is 0.500. The number of hydrogen-bond acceptors (Lipinski definition) is 7. The van der Waals surface area contributed by atoms with Gasteiger partial charge in [-0.2, -0.15) is 10.2 Å². The first-order valence-corrected chi connectivity index (χ1v) is 10.2. The van der Waals surface area contributed by atoms with Crippen LogP contribution in [0.5, 0.6) is 5.75 Å². The second kappa shape index (κ2) is 8.57. The zero-order valence-electron chi connectivity index (χ0n) is 17.5. The van der Waals surface area contributed by atoms with Gasteiger partial charge in [0.15, 0.2) is 6.29 Å². The van der Waals surface area contributed by atoms with Gasteiger partial charge in [0.25, 0.3) is 0 Å². The van der Waals surface area contributed by atoms with Gasteiger partial charge in [-0.25, -0.2) is 4.79 Å². The van der Waals surface area contributed by atoms with Gasteiger partial charge in [0.2, 0.25) is 0 Å². The summed E-state index contributed by atoms with van der Waals surface area (Å²) in [6.45, 7) is 7.86. The van der Waals surface area contributed by atoms with E-state index in [9.17, 15) is 4.79 Å². The molecular weight excluding hydrogens is 386 g/mol. The van der Waals surface area contributed by atoms with E-state index >= 15 is 0 Å². The molecule has 0 spiro atoms. The third kappa shape index (κ3) is 5.06. The average Bonchev–Trinajstić information content (AvgIpc) is 3.39. The molecule has 2 aliphatic rings. The number of rotatable bonds is 4. The minimum absolute atomic E-state index is 0.110. The van der Waals surface area contributed by atoms with Crippen LogP contribution in [0.15, 0.2) is 36.5 Å². The van der Waals surface area contributed by atoms with Crippen LogP contribution >= 0.6 is 0 Å². The molecule has 1 aromatic carbocycles. The van der Waals surface area contributed by atoms with E-state index in [-0.39, 0.29) is 18.5 Å². The predicted octanol–water partition coefficient (Wildman–Crippen LogP) is 3.58. The largest absolute Gasteiger partial charge is 0.487 e. The molecule has 2 fully saturated rings. The van der Waals surface area contributed by atoms with Crippen molar-refractivity contribution in [1.82, 2.24) is 15.1 Å². The Hall–Kier alpha value is -2.71. The number of ether oxygens (including phenoxy) is 4. The number of aromatic nitrogens is 2. The molecule has 3 heterocycles. The third-order valence-electron chi connectivity index (χ3n) is 4.81. The number of carbonyl (C=O) groups is 1. The Morgan fingerprint density at radius 1 is 1.20 bits per heavy atom. The van der Waals surface area contributed by atoms with E-state index in [1.807, 2.05) is 51.1 Å². The Bertz CT molecular complexity index is 892. The van der Waals surface area contributed by atoms with Gasteiger partial charge >= 0.3 is 6.09 Å². The van der Waals surface area contributed by atoms with E-state index in [1.165, 1.54) is 0 Å². The molecule has 8 nitrogen and oxygen atoms in total. The number of benzene rings is 1. The highest BCUT2D eigenvalue weighted by Crippen LogP contribution is 2.28. The van der Waals surface area contributed by atoms with Crippen LogP contribution in [0, 0.1) is 0 Å². The van der Waals surface area contributed by atoms with E-state index in [0.29, 0.717) is 37.7 Å². The molecule has 4 rings (SSSR count). The molecule has 1 unspecified atom stereocenters. The van der Waals surface area contributed by atoms with Crippen molar-refractivity contribution in [3.63, 3.8) is 0 Å². The standard InChI is InChI=1S/C22H27N3O5/c1-22(2,3)30-21(26)25-8-7-17(14-25)29-18-12-19(24-23-13-18)15-5-4-6-16(11-15)20-27-9-10-28-20/h4-6,11-13,17,20H,7-10,14H2,1-3H3. The summed E-state index contributed by atoms with van der Waals surface area (Å²) in [5, 5.41) is 8.33. The molecule has 1 atom stereocenters. The first kappa shape index (κ1) is 20.6. The van der Waals surface area contributed by atoms with Crippen molar-refractivity contribution in [3.05, 3.63) is 42.1 Å². The summed E-state index contributed by atoms with van der Waals surface area (Å²) >= 11 is 0. The first-order chi connectivity index (χ1) is 14.4. The van der Waals surface area contributed by atoms with E-state index in [4.69, 9.17) is 18.9 Å². The molecule has 0 bridgehead atoms. The van der Waals surface area contributed by atoms with Crippen molar-refractivity contribution in [2.24, 2.45) is 0 Å². The average molecular weight is 413 g/mol. The summed E-state index contributed by atoms with van der Waals surface area (Å²) < 4.78 is 22.7. The van der Waals surface area contributed by atoms with Gasteiger partial charge in [-0.15, -0.1) is 0 Å². The van der Waals surface area contributed by atoms with Crippen molar-refractivity contribution in [2.75, 3.05) is 26.3 Å². The highest BCUT2D eigenvalue weighted by Gasteiger charge is 2.31. The lowest BCUT2D eigenvalue weighted by Crippen LogP contribution is -2.36. The van der Waals surface area contributed by atoms with Crippen molar-refractivity contribution in [1.29, 1.82) is 0 Å². The van der Waals surface area contributed by atoms with Gasteiger partial charge in [0.1, 0.15) is 17.5 Å². The molecule has 1 amide bonds. The molecule has 0 radical (unpaired) electrons. The molecule has 0 N–H and O–H groups in total. The van der Waals surface area contributed by atoms with Gasteiger partial charge in [0, 0.05) is 30.2 Å². The van der Waals surface area contributed by atoms with E-state index in [0.717, 1.165) is 17.5 Å². The van der Waals surface area contributed by atoms with Crippen LogP contribution in [0.3, 0.4) is 0 Å². The number of hydrogen-bond donors (Lipinski definition) is 0. The van der Waals surface area contributed by atoms with E-state index < -0.39 is 5.60 Å². The summed E-state index contributed by atoms with van der Waals surface area (Å²) in [4.78, 5) is 13.9. The summed E-state index contributed by atoms with van der Waals surface area (Å²) in [5.41, 5.74) is 2.05. The van der Waals surface area contributed by atoms with Gasteiger partial charge in [-0.1, -0.05) is 18.2 Å². The Morgan fingerprint density at radius 2 is 2.00 bits per heavy atom.